The van der Waals surface area contributed by atoms with Gasteiger partial charge in [0.1, 0.15) is 0 Å². The second-order valence-corrected chi connectivity index (χ2v) is 4.77. The molecule has 1 aromatic carbocycles. The zero-order valence-electron chi connectivity index (χ0n) is 10.3. The minimum Gasteiger partial charge on any atom is -0.481 e. The van der Waals surface area contributed by atoms with Gasteiger partial charge in [-0.1, -0.05) is 30.3 Å². The topological polar surface area (TPSA) is 60.8 Å². The first kappa shape index (κ1) is 13.1. The van der Waals surface area contributed by atoms with Crippen molar-refractivity contribution in [3.05, 3.63) is 35.9 Å². The summed E-state index contributed by atoms with van der Waals surface area (Å²) in [5.74, 6) is -0.998. The highest BCUT2D eigenvalue weighted by atomic mass is 16.4. The molecule has 0 aromatic heterocycles. The Kier molecular flexibility index (Phi) is 4.33. The number of aliphatic hydroxyl groups excluding tert-OH is 1. The number of carbonyl (C=O) groups is 1. The first-order valence-corrected chi connectivity index (χ1v) is 6.34. The summed E-state index contributed by atoms with van der Waals surface area (Å²) in [6.45, 7) is 1.30. The lowest BCUT2D eigenvalue weighted by molar-refractivity contribution is -0.149. The molecule has 0 saturated heterocycles. The number of aliphatic hydroxyl groups is 1. The average Bonchev–Trinajstić information content (AvgIpc) is 2.28. The maximum Gasteiger partial charge on any atom is 0.308 e. The molecule has 1 aromatic rings. The van der Waals surface area contributed by atoms with Gasteiger partial charge in [0.2, 0.25) is 0 Å². The van der Waals surface area contributed by atoms with Crippen LogP contribution in [0, 0.1) is 5.92 Å². The minimum absolute atomic E-state index is 0.0647. The smallest absolute Gasteiger partial charge is 0.308 e. The van der Waals surface area contributed by atoms with Gasteiger partial charge in [0.25, 0.3) is 0 Å². The van der Waals surface area contributed by atoms with Crippen LogP contribution in [0.25, 0.3) is 0 Å². The zero-order valence-corrected chi connectivity index (χ0v) is 10.3. The SMILES string of the molecule is O=C(O)C1CCC1N(CCO)Cc1ccccc1. The molecule has 1 saturated carbocycles. The van der Waals surface area contributed by atoms with Crippen LogP contribution in [0.5, 0.6) is 0 Å². The van der Waals surface area contributed by atoms with Crippen LogP contribution in [0.3, 0.4) is 0 Å². The van der Waals surface area contributed by atoms with Gasteiger partial charge in [0.15, 0.2) is 0 Å². The van der Waals surface area contributed by atoms with Crippen LogP contribution in [0.1, 0.15) is 18.4 Å². The molecule has 0 spiro atoms. The van der Waals surface area contributed by atoms with Gasteiger partial charge in [-0.05, 0) is 18.4 Å². The van der Waals surface area contributed by atoms with Crippen molar-refractivity contribution in [1.82, 2.24) is 4.90 Å². The molecule has 18 heavy (non-hydrogen) atoms. The molecule has 1 aliphatic rings. The Morgan fingerprint density at radius 2 is 2.00 bits per heavy atom. The summed E-state index contributed by atoms with van der Waals surface area (Å²) in [6, 6.07) is 10.0. The number of hydrogen-bond donors (Lipinski definition) is 2. The third-order valence-corrected chi connectivity index (χ3v) is 3.64. The van der Waals surface area contributed by atoms with Crippen molar-refractivity contribution >= 4 is 5.97 Å². The lowest BCUT2D eigenvalue weighted by atomic mass is 9.78. The van der Waals surface area contributed by atoms with Gasteiger partial charge in [-0.2, -0.15) is 0 Å². The first-order valence-electron chi connectivity index (χ1n) is 6.34. The molecule has 0 heterocycles. The van der Waals surface area contributed by atoms with E-state index in [2.05, 4.69) is 4.90 Å². The Morgan fingerprint density at radius 3 is 2.50 bits per heavy atom. The Bertz CT molecular complexity index is 393. The highest BCUT2D eigenvalue weighted by Crippen LogP contribution is 2.33. The maximum absolute atomic E-state index is 11.1. The van der Waals surface area contributed by atoms with E-state index < -0.39 is 5.97 Å². The molecule has 2 rings (SSSR count). The quantitative estimate of drug-likeness (QED) is 0.799. The second-order valence-electron chi connectivity index (χ2n) is 4.77. The van der Waals surface area contributed by atoms with Crippen LogP contribution in [0.15, 0.2) is 30.3 Å². The van der Waals surface area contributed by atoms with Gasteiger partial charge in [-0.15, -0.1) is 0 Å². The van der Waals surface area contributed by atoms with Crippen molar-refractivity contribution in [1.29, 1.82) is 0 Å². The van der Waals surface area contributed by atoms with Crippen molar-refractivity contribution in [3.8, 4) is 0 Å². The second kappa shape index (κ2) is 5.98. The number of hydrogen-bond acceptors (Lipinski definition) is 3. The standard InChI is InChI=1S/C14H19NO3/c16-9-8-15(10-11-4-2-1-3-5-11)13-7-6-12(13)14(17)18/h1-5,12-13,16H,6-10H2,(H,17,18). The molecular weight excluding hydrogens is 230 g/mol. The van der Waals surface area contributed by atoms with Crippen molar-refractivity contribution in [2.24, 2.45) is 5.92 Å². The minimum atomic E-state index is -0.720. The van der Waals surface area contributed by atoms with Gasteiger partial charge in [0.05, 0.1) is 12.5 Å². The third kappa shape index (κ3) is 2.89. The zero-order chi connectivity index (χ0) is 13.0. The summed E-state index contributed by atoms with van der Waals surface area (Å²) in [7, 11) is 0. The van der Waals surface area contributed by atoms with Crippen LogP contribution in [-0.4, -0.2) is 40.3 Å². The largest absolute Gasteiger partial charge is 0.481 e. The third-order valence-electron chi connectivity index (χ3n) is 3.64. The fourth-order valence-electron chi connectivity index (χ4n) is 2.52. The first-order chi connectivity index (χ1) is 8.72. The molecule has 2 N–H and O–H groups in total. The van der Waals surface area contributed by atoms with E-state index in [9.17, 15) is 4.79 Å². The van der Waals surface area contributed by atoms with Gasteiger partial charge in [-0.3, -0.25) is 9.69 Å². The number of carboxylic acids is 1. The Balaban J connectivity index is 2.02. The van der Waals surface area contributed by atoms with E-state index in [0.29, 0.717) is 13.1 Å². The van der Waals surface area contributed by atoms with Gasteiger partial charge in [0, 0.05) is 19.1 Å². The molecule has 2 unspecified atom stereocenters. The summed E-state index contributed by atoms with van der Waals surface area (Å²) >= 11 is 0. The highest BCUT2D eigenvalue weighted by Gasteiger charge is 2.40. The molecule has 0 bridgehead atoms. The number of nitrogens with zero attached hydrogens (tertiary/aromatic N) is 1. The van der Waals surface area contributed by atoms with E-state index >= 15 is 0 Å². The molecule has 0 aliphatic heterocycles. The Hall–Kier alpha value is -1.39. The molecule has 1 aliphatic carbocycles. The monoisotopic (exact) mass is 249 g/mol. The summed E-state index contributed by atoms with van der Waals surface area (Å²) in [4.78, 5) is 13.1. The van der Waals surface area contributed by atoms with Crippen molar-refractivity contribution in [2.75, 3.05) is 13.2 Å². The summed E-state index contributed by atoms with van der Waals surface area (Å²) in [5, 5.41) is 18.2. The lowest BCUT2D eigenvalue weighted by Gasteiger charge is -2.42. The molecule has 4 nitrogen and oxygen atoms in total. The Labute approximate surface area is 107 Å². The number of aliphatic carboxylic acids is 1. The summed E-state index contributed by atoms with van der Waals surface area (Å²) < 4.78 is 0. The molecule has 4 heteroatoms. The average molecular weight is 249 g/mol. The molecule has 1 fully saturated rings. The van der Waals surface area contributed by atoms with Gasteiger partial charge in [-0.25, -0.2) is 0 Å². The maximum atomic E-state index is 11.1. The predicted molar refractivity (Wildman–Crippen MR) is 68.1 cm³/mol. The van der Waals surface area contributed by atoms with Crippen LogP contribution in [-0.2, 0) is 11.3 Å². The van der Waals surface area contributed by atoms with E-state index in [0.717, 1.165) is 18.4 Å². The van der Waals surface area contributed by atoms with Gasteiger partial charge < -0.3 is 10.2 Å². The number of carboxylic acid groups (broad SMARTS) is 1. The van der Waals surface area contributed by atoms with E-state index in [-0.39, 0.29) is 18.6 Å². The summed E-state index contributed by atoms with van der Waals surface area (Å²) in [5.41, 5.74) is 1.15. The van der Waals surface area contributed by atoms with E-state index in [1.54, 1.807) is 0 Å². The summed E-state index contributed by atoms with van der Waals surface area (Å²) in [6.07, 6.45) is 1.65. The van der Waals surface area contributed by atoms with Crippen molar-refractivity contribution in [3.63, 3.8) is 0 Å². The van der Waals surface area contributed by atoms with Crippen molar-refractivity contribution in [2.45, 2.75) is 25.4 Å². The van der Waals surface area contributed by atoms with Crippen molar-refractivity contribution < 1.29 is 15.0 Å². The van der Waals surface area contributed by atoms with E-state index in [1.807, 2.05) is 30.3 Å². The Morgan fingerprint density at radius 1 is 1.28 bits per heavy atom. The van der Waals surface area contributed by atoms with Crippen LogP contribution >= 0.6 is 0 Å². The molecule has 0 amide bonds. The van der Waals surface area contributed by atoms with Gasteiger partial charge >= 0.3 is 5.97 Å². The molecular formula is C14H19NO3. The molecule has 98 valence electrons. The molecule has 0 radical (unpaired) electrons. The van der Waals surface area contributed by atoms with Crippen LogP contribution in [0.4, 0.5) is 0 Å². The highest BCUT2D eigenvalue weighted by molar-refractivity contribution is 5.72. The van der Waals surface area contributed by atoms with Crippen LogP contribution in [0.2, 0.25) is 0 Å². The molecule has 2 atom stereocenters. The lowest BCUT2D eigenvalue weighted by Crippen LogP contribution is -2.50. The number of benzene rings is 1. The normalized spacial score (nSPS) is 22.8. The van der Waals surface area contributed by atoms with E-state index in [1.165, 1.54) is 0 Å². The predicted octanol–water partition coefficient (Wildman–Crippen LogP) is 1.34. The van der Waals surface area contributed by atoms with Crippen LogP contribution < -0.4 is 0 Å². The number of rotatable bonds is 6. The van der Waals surface area contributed by atoms with E-state index in [4.69, 9.17) is 10.2 Å². The fourth-order valence-corrected chi connectivity index (χ4v) is 2.52. The fraction of sp³-hybridized carbons (Fsp3) is 0.500.